The standard InChI is InChI=1S/C30H28N6O3/c1-6-24(37)35-22-15-12-20(16-23(22)38-5)28-26(27-29(31-3)32-17-33-30(27)36(28)4)19-10-13-21(14-11-19)39-25-9-7-8-18(2)34-25/h6-17H,1H2,2-5H3,(H,35,37)(H,31,32,33). The molecule has 3 aromatic heterocycles. The van der Waals surface area contributed by atoms with E-state index in [1.807, 2.05) is 86.2 Å². The number of hydrogen-bond acceptors (Lipinski definition) is 7. The first-order valence-electron chi connectivity index (χ1n) is 12.3. The summed E-state index contributed by atoms with van der Waals surface area (Å²) in [6.45, 7) is 5.45. The third kappa shape index (κ3) is 4.89. The Hall–Kier alpha value is -5.18. The molecule has 9 nitrogen and oxygen atoms in total. The molecule has 0 saturated heterocycles. The lowest BCUT2D eigenvalue weighted by atomic mass is 9.98. The molecule has 0 saturated carbocycles. The number of methoxy groups -OCH3 is 1. The lowest BCUT2D eigenvalue weighted by molar-refractivity contribution is -0.111. The molecule has 3 heterocycles. The van der Waals surface area contributed by atoms with Gasteiger partial charge in [-0.15, -0.1) is 0 Å². The van der Waals surface area contributed by atoms with Crippen LogP contribution in [0.15, 0.2) is 79.6 Å². The Bertz CT molecular complexity index is 1690. The molecule has 0 unspecified atom stereocenters. The molecule has 2 aromatic carbocycles. The van der Waals surface area contributed by atoms with E-state index in [-0.39, 0.29) is 5.91 Å². The van der Waals surface area contributed by atoms with Gasteiger partial charge in [0.05, 0.1) is 23.9 Å². The molecule has 0 bridgehead atoms. The van der Waals surface area contributed by atoms with Crippen molar-refractivity contribution in [2.24, 2.45) is 7.05 Å². The van der Waals surface area contributed by atoms with Crippen LogP contribution in [0.4, 0.5) is 11.5 Å². The number of carbonyl (C=O) groups excluding carboxylic acids is 1. The summed E-state index contributed by atoms with van der Waals surface area (Å²) in [5.74, 6) is 2.13. The Morgan fingerprint density at radius 1 is 1.05 bits per heavy atom. The minimum Gasteiger partial charge on any atom is -0.495 e. The van der Waals surface area contributed by atoms with Crippen LogP contribution < -0.4 is 20.1 Å². The van der Waals surface area contributed by atoms with Crippen LogP contribution in [0, 0.1) is 6.92 Å². The Labute approximate surface area is 226 Å². The van der Waals surface area contributed by atoms with Crippen LogP contribution in [-0.2, 0) is 11.8 Å². The lowest BCUT2D eigenvalue weighted by Crippen LogP contribution is -2.08. The summed E-state index contributed by atoms with van der Waals surface area (Å²) in [7, 11) is 5.37. The lowest BCUT2D eigenvalue weighted by Gasteiger charge is -2.14. The van der Waals surface area contributed by atoms with E-state index in [9.17, 15) is 4.79 Å². The second kappa shape index (κ2) is 10.7. The molecule has 0 aliphatic carbocycles. The van der Waals surface area contributed by atoms with Crippen LogP contribution in [0.2, 0.25) is 0 Å². The van der Waals surface area contributed by atoms with Gasteiger partial charge in [-0.25, -0.2) is 15.0 Å². The van der Waals surface area contributed by atoms with Gasteiger partial charge in [-0.3, -0.25) is 4.79 Å². The molecule has 0 aliphatic rings. The molecule has 0 spiro atoms. The highest BCUT2D eigenvalue weighted by Gasteiger charge is 2.23. The molecule has 39 heavy (non-hydrogen) atoms. The maximum absolute atomic E-state index is 11.9. The van der Waals surface area contributed by atoms with Gasteiger partial charge < -0.3 is 24.7 Å². The topological polar surface area (TPSA) is 103 Å². The van der Waals surface area contributed by atoms with E-state index in [4.69, 9.17) is 9.47 Å². The predicted octanol–water partition coefficient (Wildman–Crippen LogP) is 5.97. The van der Waals surface area contributed by atoms with Crippen LogP contribution in [0.5, 0.6) is 17.4 Å². The van der Waals surface area contributed by atoms with Crippen molar-refractivity contribution in [3.8, 4) is 39.8 Å². The van der Waals surface area contributed by atoms with E-state index in [0.717, 1.165) is 39.1 Å². The summed E-state index contributed by atoms with van der Waals surface area (Å²) >= 11 is 0. The molecule has 0 atom stereocenters. The fourth-order valence-corrected chi connectivity index (χ4v) is 4.57. The number of ether oxygens (including phenoxy) is 2. The molecular formula is C30H28N6O3. The average Bonchev–Trinajstić information content (AvgIpc) is 3.26. The zero-order valence-corrected chi connectivity index (χ0v) is 22.1. The summed E-state index contributed by atoms with van der Waals surface area (Å²) < 4.78 is 13.6. The molecular weight excluding hydrogens is 492 g/mol. The van der Waals surface area contributed by atoms with Crippen molar-refractivity contribution in [2.45, 2.75) is 6.92 Å². The largest absolute Gasteiger partial charge is 0.495 e. The number of hydrogen-bond donors (Lipinski definition) is 2. The summed E-state index contributed by atoms with van der Waals surface area (Å²) in [5.41, 5.74) is 5.90. The fourth-order valence-electron chi connectivity index (χ4n) is 4.57. The minimum atomic E-state index is -0.316. The number of rotatable bonds is 8. The average molecular weight is 521 g/mol. The number of nitrogens with zero attached hydrogens (tertiary/aromatic N) is 4. The molecule has 196 valence electrons. The summed E-state index contributed by atoms with van der Waals surface area (Å²) in [4.78, 5) is 25.4. The molecule has 1 amide bonds. The minimum absolute atomic E-state index is 0.316. The number of aryl methyl sites for hydroxylation is 2. The third-order valence-corrected chi connectivity index (χ3v) is 6.35. The second-order valence-electron chi connectivity index (χ2n) is 8.81. The second-order valence-corrected chi connectivity index (χ2v) is 8.81. The van der Waals surface area contributed by atoms with Crippen LogP contribution in [-0.4, -0.2) is 39.6 Å². The van der Waals surface area contributed by atoms with Crippen molar-refractivity contribution in [1.29, 1.82) is 0 Å². The van der Waals surface area contributed by atoms with Crippen LogP contribution in [0.25, 0.3) is 33.4 Å². The van der Waals surface area contributed by atoms with Crippen molar-refractivity contribution < 1.29 is 14.3 Å². The monoisotopic (exact) mass is 520 g/mol. The van der Waals surface area contributed by atoms with E-state index < -0.39 is 0 Å². The number of benzene rings is 2. The number of fused-ring (bicyclic) bond motifs is 1. The van der Waals surface area contributed by atoms with Gasteiger partial charge in [-0.05, 0) is 48.9 Å². The molecule has 9 heteroatoms. The number of carbonyl (C=O) groups is 1. The van der Waals surface area contributed by atoms with E-state index >= 15 is 0 Å². The van der Waals surface area contributed by atoms with Crippen LogP contribution in [0.3, 0.4) is 0 Å². The van der Waals surface area contributed by atoms with Crippen molar-refractivity contribution in [3.05, 3.63) is 85.3 Å². The van der Waals surface area contributed by atoms with Crippen LogP contribution >= 0.6 is 0 Å². The highest BCUT2D eigenvalue weighted by atomic mass is 16.5. The first kappa shape index (κ1) is 25.5. The number of amides is 1. The highest BCUT2D eigenvalue weighted by molar-refractivity contribution is 6.08. The van der Waals surface area contributed by atoms with Gasteiger partial charge in [0.15, 0.2) is 0 Å². The van der Waals surface area contributed by atoms with Gasteiger partial charge in [0.1, 0.15) is 29.3 Å². The Balaban J connectivity index is 1.66. The van der Waals surface area contributed by atoms with Gasteiger partial charge in [-0.2, -0.15) is 0 Å². The molecule has 0 fully saturated rings. The highest BCUT2D eigenvalue weighted by Crippen LogP contribution is 2.44. The van der Waals surface area contributed by atoms with Crippen molar-refractivity contribution in [3.63, 3.8) is 0 Å². The molecule has 5 rings (SSSR count). The summed E-state index contributed by atoms with van der Waals surface area (Å²) in [5, 5.41) is 6.87. The van der Waals surface area contributed by atoms with Crippen molar-refractivity contribution in [1.82, 2.24) is 19.5 Å². The Morgan fingerprint density at radius 3 is 2.51 bits per heavy atom. The first-order chi connectivity index (χ1) is 18.9. The quantitative estimate of drug-likeness (QED) is 0.243. The van der Waals surface area contributed by atoms with Crippen molar-refractivity contribution >= 4 is 28.4 Å². The van der Waals surface area contributed by atoms with E-state index in [2.05, 4.69) is 32.2 Å². The Morgan fingerprint density at radius 2 is 1.82 bits per heavy atom. The summed E-state index contributed by atoms with van der Waals surface area (Å²) in [6, 6.07) is 19.2. The van der Waals surface area contributed by atoms with Gasteiger partial charge in [0, 0.05) is 37.0 Å². The van der Waals surface area contributed by atoms with Gasteiger partial charge in [0.25, 0.3) is 0 Å². The maximum Gasteiger partial charge on any atom is 0.247 e. The molecule has 0 aliphatic heterocycles. The van der Waals surface area contributed by atoms with E-state index in [0.29, 0.717) is 28.9 Å². The fraction of sp³-hybridized carbons (Fsp3) is 0.133. The van der Waals surface area contributed by atoms with E-state index in [1.54, 1.807) is 13.4 Å². The maximum atomic E-state index is 11.9. The first-order valence-corrected chi connectivity index (χ1v) is 12.3. The third-order valence-electron chi connectivity index (χ3n) is 6.35. The smallest absolute Gasteiger partial charge is 0.247 e. The zero-order valence-electron chi connectivity index (χ0n) is 22.1. The molecule has 0 radical (unpaired) electrons. The molecule has 5 aromatic rings. The van der Waals surface area contributed by atoms with Crippen molar-refractivity contribution in [2.75, 3.05) is 24.8 Å². The summed E-state index contributed by atoms with van der Waals surface area (Å²) in [6.07, 6.45) is 2.76. The Kier molecular flexibility index (Phi) is 6.96. The van der Waals surface area contributed by atoms with Gasteiger partial charge >= 0.3 is 0 Å². The number of anilines is 2. The predicted molar refractivity (Wildman–Crippen MR) is 153 cm³/mol. The number of aromatic nitrogens is 4. The molecule has 2 N–H and O–H groups in total. The van der Waals surface area contributed by atoms with Gasteiger partial charge in [0.2, 0.25) is 11.8 Å². The van der Waals surface area contributed by atoms with E-state index in [1.165, 1.54) is 6.08 Å². The number of nitrogens with one attached hydrogen (secondary N) is 2. The SMILES string of the molecule is C=CC(=O)Nc1ccc(-c2c(-c3ccc(Oc4cccc(C)n4)cc3)c3c(NC)ncnc3n2C)cc1OC. The van der Waals surface area contributed by atoms with Crippen LogP contribution in [0.1, 0.15) is 5.69 Å². The van der Waals surface area contributed by atoms with Gasteiger partial charge in [-0.1, -0.05) is 30.8 Å². The zero-order chi connectivity index (χ0) is 27.5. The normalized spacial score (nSPS) is 10.8. The number of pyridine rings is 1.